The van der Waals surface area contributed by atoms with Crippen molar-refractivity contribution in [2.45, 2.75) is 38.1 Å². The van der Waals surface area contributed by atoms with Crippen LogP contribution in [-0.4, -0.2) is 20.6 Å². The predicted octanol–water partition coefficient (Wildman–Crippen LogP) is 3.10. The molecule has 0 radical (unpaired) electrons. The predicted molar refractivity (Wildman–Crippen MR) is 103 cm³/mol. The summed E-state index contributed by atoms with van der Waals surface area (Å²) < 4.78 is 25.1. The first-order valence-electron chi connectivity index (χ1n) is 8.71. The van der Waals surface area contributed by atoms with Gasteiger partial charge in [-0.2, -0.15) is 0 Å². The number of hydrogen-bond acceptors (Lipinski definition) is 3. The Labute approximate surface area is 154 Å². The molecule has 1 aliphatic rings. The van der Waals surface area contributed by atoms with Gasteiger partial charge >= 0.3 is 0 Å². The molecule has 2 N–H and O–H groups in total. The van der Waals surface area contributed by atoms with Crippen LogP contribution in [0.2, 0.25) is 0 Å². The van der Waals surface area contributed by atoms with E-state index in [4.69, 9.17) is 0 Å². The van der Waals surface area contributed by atoms with Gasteiger partial charge in [-0.3, -0.25) is 9.52 Å². The summed E-state index contributed by atoms with van der Waals surface area (Å²) in [5.74, 6) is 0.0353. The SMILES string of the molecule is Cc1ccc(CNC(=O)C2(c3ccc(NS(C)(=O)=O)cc3)CCC2)cc1. The molecular weight excluding hydrogens is 348 g/mol. The topological polar surface area (TPSA) is 75.3 Å². The fraction of sp³-hybridized carbons (Fsp3) is 0.350. The number of carbonyl (C=O) groups is 1. The molecule has 1 amide bonds. The van der Waals surface area contributed by atoms with E-state index in [9.17, 15) is 13.2 Å². The summed E-state index contributed by atoms with van der Waals surface area (Å²) in [7, 11) is -3.31. The number of rotatable bonds is 6. The van der Waals surface area contributed by atoms with Gasteiger partial charge in [0.2, 0.25) is 15.9 Å². The molecule has 6 heteroatoms. The minimum atomic E-state index is -3.31. The first kappa shape index (κ1) is 18.5. The van der Waals surface area contributed by atoms with E-state index in [1.165, 1.54) is 5.56 Å². The Balaban J connectivity index is 1.71. The molecule has 1 aliphatic carbocycles. The van der Waals surface area contributed by atoms with Crippen molar-refractivity contribution in [3.8, 4) is 0 Å². The van der Waals surface area contributed by atoms with Gasteiger partial charge in [-0.15, -0.1) is 0 Å². The zero-order chi connectivity index (χ0) is 18.8. The van der Waals surface area contributed by atoms with E-state index in [2.05, 4.69) is 10.0 Å². The van der Waals surface area contributed by atoms with E-state index < -0.39 is 15.4 Å². The molecule has 2 aromatic rings. The van der Waals surface area contributed by atoms with Crippen molar-refractivity contribution in [2.24, 2.45) is 0 Å². The van der Waals surface area contributed by atoms with E-state index >= 15 is 0 Å². The number of sulfonamides is 1. The van der Waals surface area contributed by atoms with Gasteiger partial charge in [0.1, 0.15) is 0 Å². The zero-order valence-corrected chi connectivity index (χ0v) is 15.9. The Hall–Kier alpha value is -2.34. The molecule has 3 rings (SSSR count). The van der Waals surface area contributed by atoms with Gasteiger partial charge in [0.25, 0.3) is 0 Å². The molecule has 0 aromatic heterocycles. The lowest BCUT2D eigenvalue weighted by Crippen LogP contribution is -2.49. The number of hydrogen-bond donors (Lipinski definition) is 2. The van der Waals surface area contributed by atoms with Crippen molar-refractivity contribution < 1.29 is 13.2 Å². The number of aryl methyl sites for hydroxylation is 1. The van der Waals surface area contributed by atoms with Crippen molar-refractivity contribution >= 4 is 21.6 Å². The first-order chi connectivity index (χ1) is 12.3. The molecule has 1 saturated carbocycles. The second-order valence-corrected chi connectivity index (χ2v) is 8.80. The third-order valence-electron chi connectivity index (χ3n) is 4.96. The normalized spacial score (nSPS) is 15.8. The minimum Gasteiger partial charge on any atom is -0.351 e. The highest BCUT2D eigenvalue weighted by Gasteiger charge is 2.45. The van der Waals surface area contributed by atoms with E-state index in [0.29, 0.717) is 12.2 Å². The fourth-order valence-corrected chi connectivity index (χ4v) is 3.87. The molecule has 0 saturated heterocycles. The Morgan fingerprint density at radius 1 is 1.04 bits per heavy atom. The Bertz CT molecular complexity index is 884. The summed E-state index contributed by atoms with van der Waals surface area (Å²) in [6.45, 7) is 2.54. The summed E-state index contributed by atoms with van der Waals surface area (Å²) in [6.07, 6.45) is 3.76. The van der Waals surface area contributed by atoms with Crippen LogP contribution in [0.1, 0.15) is 36.0 Å². The second kappa shape index (κ2) is 7.11. The lowest BCUT2D eigenvalue weighted by atomic mass is 9.63. The average Bonchev–Trinajstić information content (AvgIpc) is 2.53. The van der Waals surface area contributed by atoms with Gasteiger partial charge in [-0.05, 0) is 43.0 Å². The highest BCUT2D eigenvalue weighted by molar-refractivity contribution is 7.92. The van der Waals surface area contributed by atoms with Gasteiger partial charge in [-0.25, -0.2) is 8.42 Å². The summed E-state index contributed by atoms with van der Waals surface area (Å²) in [6, 6.07) is 15.2. The maximum Gasteiger partial charge on any atom is 0.230 e. The van der Waals surface area contributed by atoms with E-state index in [1.54, 1.807) is 12.1 Å². The average molecular weight is 372 g/mol. The lowest BCUT2D eigenvalue weighted by molar-refractivity contribution is -0.130. The maximum absolute atomic E-state index is 12.9. The van der Waals surface area contributed by atoms with Crippen LogP contribution in [0, 0.1) is 6.92 Å². The van der Waals surface area contributed by atoms with Crippen LogP contribution >= 0.6 is 0 Å². The lowest BCUT2D eigenvalue weighted by Gasteiger charge is -2.40. The van der Waals surface area contributed by atoms with Gasteiger partial charge in [-0.1, -0.05) is 48.4 Å². The van der Waals surface area contributed by atoms with Crippen LogP contribution < -0.4 is 10.0 Å². The molecule has 1 fully saturated rings. The second-order valence-electron chi connectivity index (χ2n) is 7.06. The van der Waals surface area contributed by atoms with Crippen molar-refractivity contribution in [3.05, 3.63) is 65.2 Å². The molecule has 0 aliphatic heterocycles. The third kappa shape index (κ3) is 4.07. The van der Waals surface area contributed by atoms with Crippen LogP contribution in [-0.2, 0) is 26.8 Å². The van der Waals surface area contributed by atoms with Crippen molar-refractivity contribution in [2.75, 3.05) is 11.0 Å². The number of carbonyl (C=O) groups excluding carboxylic acids is 1. The summed E-state index contributed by atoms with van der Waals surface area (Å²) in [4.78, 5) is 12.9. The highest BCUT2D eigenvalue weighted by Crippen LogP contribution is 2.44. The Morgan fingerprint density at radius 3 is 2.15 bits per heavy atom. The monoisotopic (exact) mass is 372 g/mol. The minimum absolute atomic E-state index is 0.0353. The van der Waals surface area contributed by atoms with Crippen LogP contribution in [0.25, 0.3) is 0 Å². The molecule has 0 atom stereocenters. The van der Waals surface area contributed by atoms with Crippen LogP contribution in [0.15, 0.2) is 48.5 Å². The maximum atomic E-state index is 12.9. The zero-order valence-electron chi connectivity index (χ0n) is 15.1. The fourth-order valence-electron chi connectivity index (χ4n) is 3.31. The van der Waals surface area contributed by atoms with Gasteiger partial charge in [0.15, 0.2) is 0 Å². The van der Waals surface area contributed by atoms with Crippen LogP contribution in [0.3, 0.4) is 0 Å². The number of nitrogens with one attached hydrogen (secondary N) is 2. The Kier molecular flexibility index (Phi) is 5.05. The molecular formula is C20H24N2O3S. The largest absolute Gasteiger partial charge is 0.351 e. The molecule has 0 unspecified atom stereocenters. The molecule has 138 valence electrons. The first-order valence-corrected chi connectivity index (χ1v) is 10.6. The summed E-state index contributed by atoms with van der Waals surface area (Å²) in [5, 5.41) is 3.06. The van der Waals surface area contributed by atoms with Crippen molar-refractivity contribution in [1.82, 2.24) is 5.32 Å². The Morgan fingerprint density at radius 2 is 1.65 bits per heavy atom. The van der Waals surface area contributed by atoms with Crippen LogP contribution in [0.5, 0.6) is 0 Å². The number of anilines is 1. The van der Waals surface area contributed by atoms with Gasteiger partial charge in [0.05, 0.1) is 11.7 Å². The van der Waals surface area contributed by atoms with E-state index in [1.807, 2.05) is 43.3 Å². The highest BCUT2D eigenvalue weighted by atomic mass is 32.2. The summed E-state index contributed by atoms with van der Waals surface area (Å²) in [5.41, 5.74) is 3.20. The van der Waals surface area contributed by atoms with Crippen molar-refractivity contribution in [1.29, 1.82) is 0 Å². The van der Waals surface area contributed by atoms with Gasteiger partial charge in [0, 0.05) is 12.2 Å². The molecule has 0 heterocycles. The number of amides is 1. The molecule has 2 aromatic carbocycles. The molecule has 5 nitrogen and oxygen atoms in total. The summed E-state index contributed by atoms with van der Waals surface area (Å²) >= 11 is 0. The van der Waals surface area contributed by atoms with E-state index in [0.717, 1.165) is 36.6 Å². The van der Waals surface area contributed by atoms with Crippen molar-refractivity contribution in [3.63, 3.8) is 0 Å². The van der Waals surface area contributed by atoms with Crippen LogP contribution in [0.4, 0.5) is 5.69 Å². The van der Waals surface area contributed by atoms with Gasteiger partial charge < -0.3 is 5.32 Å². The standard InChI is InChI=1S/C20H24N2O3S/c1-15-4-6-16(7-5-15)14-21-19(23)20(12-3-13-20)17-8-10-18(11-9-17)22-26(2,24)25/h4-11,22H,3,12-14H2,1-2H3,(H,21,23). The van der Waals surface area contributed by atoms with E-state index in [-0.39, 0.29) is 5.91 Å². The molecule has 26 heavy (non-hydrogen) atoms. The molecule has 0 bridgehead atoms. The number of benzene rings is 2. The molecule has 0 spiro atoms. The quantitative estimate of drug-likeness (QED) is 0.818. The smallest absolute Gasteiger partial charge is 0.230 e. The third-order valence-corrected chi connectivity index (χ3v) is 5.56.